The van der Waals surface area contributed by atoms with E-state index < -0.39 is 5.60 Å². The van der Waals surface area contributed by atoms with Gasteiger partial charge in [-0.3, -0.25) is 0 Å². The highest BCUT2D eigenvalue weighted by atomic mass is 79.9. The molecule has 0 saturated carbocycles. The number of halogens is 1. The van der Waals surface area contributed by atoms with E-state index in [0.717, 1.165) is 10.2 Å². The molecule has 6 heteroatoms. The highest BCUT2D eigenvalue weighted by Crippen LogP contribution is 2.37. The third kappa shape index (κ3) is 3.96. The molecule has 20 heavy (non-hydrogen) atoms. The summed E-state index contributed by atoms with van der Waals surface area (Å²) in [6.07, 6.45) is 0.556. The lowest BCUT2D eigenvalue weighted by Crippen LogP contribution is -2.37. The Morgan fingerprint density at radius 3 is 2.95 bits per heavy atom. The first kappa shape index (κ1) is 15.8. The molecule has 0 spiro atoms. The summed E-state index contributed by atoms with van der Waals surface area (Å²) in [6, 6.07) is 2.14. The van der Waals surface area contributed by atoms with Crippen molar-refractivity contribution in [1.82, 2.24) is 4.90 Å². The van der Waals surface area contributed by atoms with Crippen LogP contribution in [-0.2, 0) is 15.9 Å². The summed E-state index contributed by atoms with van der Waals surface area (Å²) < 4.78 is 12.3. The second kappa shape index (κ2) is 6.03. The fraction of sp³-hybridized carbons (Fsp3) is 0.643. The van der Waals surface area contributed by atoms with Crippen LogP contribution in [0.5, 0.6) is 0 Å². The number of rotatable bonds is 2. The molecule has 0 unspecified atom stereocenters. The van der Waals surface area contributed by atoms with Crippen molar-refractivity contribution < 1.29 is 14.3 Å². The van der Waals surface area contributed by atoms with Gasteiger partial charge in [-0.1, -0.05) is 0 Å². The zero-order valence-corrected chi connectivity index (χ0v) is 14.6. The van der Waals surface area contributed by atoms with Gasteiger partial charge in [0.15, 0.2) is 0 Å². The molecule has 0 aromatic carbocycles. The van der Waals surface area contributed by atoms with E-state index in [1.54, 1.807) is 23.3 Å². The van der Waals surface area contributed by atoms with Gasteiger partial charge < -0.3 is 14.4 Å². The van der Waals surface area contributed by atoms with Crippen LogP contribution in [-0.4, -0.2) is 36.8 Å². The fourth-order valence-corrected chi connectivity index (χ4v) is 3.84. The van der Waals surface area contributed by atoms with Crippen molar-refractivity contribution in [3.05, 3.63) is 20.3 Å². The minimum atomic E-state index is -0.476. The van der Waals surface area contributed by atoms with Crippen molar-refractivity contribution in [3.8, 4) is 0 Å². The van der Waals surface area contributed by atoms with E-state index in [9.17, 15) is 4.79 Å². The van der Waals surface area contributed by atoms with Crippen LogP contribution in [0.2, 0.25) is 0 Å². The summed E-state index contributed by atoms with van der Waals surface area (Å²) in [7, 11) is 1.74. The average molecular weight is 362 g/mol. The Hall–Kier alpha value is -0.590. The quantitative estimate of drug-likeness (QED) is 0.799. The Balaban J connectivity index is 2.02. The lowest BCUT2D eigenvalue weighted by molar-refractivity contribution is -0.000231. The van der Waals surface area contributed by atoms with E-state index in [1.807, 2.05) is 20.8 Å². The second-order valence-electron chi connectivity index (χ2n) is 5.91. The molecule has 1 aromatic rings. The summed E-state index contributed by atoms with van der Waals surface area (Å²) in [5.74, 6) is 0. The molecule has 1 aliphatic heterocycles. The molecular weight excluding hydrogens is 342 g/mol. The number of nitrogens with zero attached hydrogens (tertiary/aromatic N) is 1. The van der Waals surface area contributed by atoms with Crippen molar-refractivity contribution in [2.45, 2.75) is 38.9 Å². The van der Waals surface area contributed by atoms with Crippen molar-refractivity contribution in [2.75, 3.05) is 20.2 Å². The highest BCUT2D eigenvalue weighted by Gasteiger charge is 2.28. The minimum Gasteiger partial charge on any atom is -0.444 e. The smallest absolute Gasteiger partial charge is 0.410 e. The first-order valence-corrected chi connectivity index (χ1v) is 8.21. The van der Waals surface area contributed by atoms with Crippen LogP contribution in [0.15, 0.2) is 9.85 Å². The van der Waals surface area contributed by atoms with Crippen LogP contribution in [0.4, 0.5) is 4.79 Å². The van der Waals surface area contributed by atoms with Crippen LogP contribution < -0.4 is 0 Å². The Morgan fingerprint density at radius 2 is 2.30 bits per heavy atom. The highest BCUT2D eigenvalue weighted by molar-refractivity contribution is 9.11. The van der Waals surface area contributed by atoms with Crippen LogP contribution in [0.25, 0.3) is 0 Å². The van der Waals surface area contributed by atoms with Gasteiger partial charge in [0.1, 0.15) is 11.7 Å². The zero-order chi connectivity index (χ0) is 14.9. The van der Waals surface area contributed by atoms with Crippen LogP contribution in [0, 0.1) is 0 Å². The molecule has 0 radical (unpaired) electrons. The van der Waals surface area contributed by atoms with Gasteiger partial charge in [0.25, 0.3) is 0 Å². The summed E-state index contributed by atoms with van der Waals surface area (Å²) >= 11 is 5.19. The van der Waals surface area contributed by atoms with E-state index in [4.69, 9.17) is 9.47 Å². The number of thiophene rings is 1. The van der Waals surface area contributed by atoms with E-state index in [-0.39, 0.29) is 12.2 Å². The van der Waals surface area contributed by atoms with Gasteiger partial charge in [-0.25, -0.2) is 4.79 Å². The normalized spacial score (nSPS) is 18.6. The Kier molecular flexibility index (Phi) is 4.76. The molecule has 1 amide bonds. The number of amides is 1. The number of likely N-dealkylation sites (N-methyl/N-ethyl adjacent to an activating group) is 1. The lowest BCUT2D eigenvalue weighted by Gasteiger charge is -2.29. The summed E-state index contributed by atoms with van der Waals surface area (Å²) in [5.41, 5.74) is 0.839. The maximum atomic E-state index is 12.0. The molecule has 0 aliphatic carbocycles. The molecule has 4 nitrogen and oxygen atoms in total. The molecule has 0 saturated heterocycles. The Morgan fingerprint density at radius 1 is 1.60 bits per heavy atom. The van der Waals surface area contributed by atoms with Gasteiger partial charge in [0.2, 0.25) is 0 Å². The van der Waals surface area contributed by atoms with Crippen molar-refractivity contribution >= 4 is 33.4 Å². The van der Waals surface area contributed by atoms with Crippen LogP contribution >= 0.6 is 27.3 Å². The number of hydrogen-bond donors (Lipinski definition) is 0. The topological polar surface area (TPSA) is 38.8 Å². The SMILES string of the molecule is CN(C[C@@H]1OCCc2cc(Br)sc21)C(=O)OC(C)(C)C. The predicted molar refractivity (Wildman–Crippen MR) is 83.3 cm³/mol. The third-order valence-corrected chi connectivity index (χ3v) is 4.71. The van der Waals surface area contributed by atoms with E-state index >= 15 is 0 Å². The largest absolute Gasteiger partial charge is 0.444 e. The number of fused-ring (bicyclic) bond motifs is 1. The van der Waals surface area contributed by atoms with E-state index in [0.29, 0.717) is 13.2 Å². The first-order chi connectivity index (χ1) is 9.26. The third-order valence-electron chi connectivity index (χ3n) is 2.94. The molecule has 0 bridgehead atoms. The predicted octanol–water partition coefficient (Wildman–Crippen LogP) is 3.99. The maximum Gasteiger partial charge on any atom is 0.410 e. The molecule has 112 valence electrons. The number of ether oxygens (including phenoxy) is 2. The molecule has 2 rings (SSSR count). The van der Waals surface area contributed by atoms with Crippen LogP contribution in [0.3, 0.4) is 0 Å². The average Bonchev–Trinajstić information content (AvgIpc) is 2.68. The summed E-state index contributed by atoms with van der Waals surface area (Å²) in [4.78, 5) is 14.8. The maximum absolute atomic E-state index is 12.0. The number of hydrogen-bond acceptors (Lipinski definition) is 4. The second-order valence-corrected chi connectivity index (χ2v) is 8.37. The molecule has 0 fully saturated rings. The van der Waals surface area contributed by atoms with Gasteiger partial charge in [-0.05, 0) is 54.8 Å². The van der Waals surface area contributed by atoms with Gasteiger partial charge in [0, 0.05) is 11.9 Å². The summed E-state index contributed by atoms with van der Waals surface area (Å²) in [5, 5.41) is 0. The fourth-order valence-electron chi connectivity index (χ4n) is 2.06. The van der Waals surface area contributed by atoms with E-state index in [2.05, 4.69) is 22.0 Å². The minimum absolute atomic E-state index is 0.0624. The number of carbonyl (C=O) groups excluding carboxylic acids is 1. The molecule has 0 N–H and O–H groups in total. The molecule has 1 aromatic heterocycles. The van der Waals surface area contributed by atoms with Gasteiger partial charge in [-0.2, -0.15) is 0 Å². The number of carbonyl (C=O) groups is 1. The monoisotopic (exact) mass is 361 g/mol. The molecule has 2 heterocycles. The van der Waals surface area contributed by atoms with Crippen LogP contribution in [0.1, 0.15) is 37.3 Å². The molecule has 1 aliphatic rings. The van der Waals surface area contributed by atoms with Crippen molar-refractivity contribution in [2.24, 2.45) is 0 Å². The van der Waals surface area contributed by atoms with E-state index in [1.165, 1.54) is 10.4 Å². The molecular formula is C14H20BrNO3S. The van der Waals surface area contributed by atoms with Crippen molar-refractivity contribution in [3.63, 3.8) is 0 Å². The lowest BCUT2D eigenvalue weighted by atomic mass is 10.1. The first-order valence-electron chi connectivity index (χ1n) is 6.60. The van der Waals surface area contributed by atoms with Gasteiger partial charge in [0.05, 0.1) is 16.9 Å². The van der Waals surface area contributed by atoms with Gasteiger partial charge in [-0.15, -0.1) is 11.3 Å². The Bertz CT molecular complexity index is 495. The Labute approximate surface area is 132 Å². The summed E-state index contributed by atoms with van der Waals surface area (Å²) in [6.45, 7) is 6.80. The van der Waals surface area contributed by atoms with Gasteiger partial charge >= 0.3 is 6.09 Å². The van der Waals surface area contributed by atoms with Crippen molar-refractivity contribution in [1.29, 1.82) is 0 Å². The standard InChI is InChI=1S/C14H20BrNO3S/c1-14(2,3)19-13(17)16(4)8-10-12-9(5-6-18-10)7-11(15)20-12/h7,10H,5-6,8H2,1-4H3/t10-/m0/s1. The zero-order valence-electron chi connectivity index (χ0n) is 12.2. The molecule has 1 atom stereocenters.